The van der Waals surface area contributed by atoms with Gasteiger partial charge >= 0.3 is 7.12 Å². The summed E-state index contributed by atoms with van der Waals surface area (Å²) in [5.41, 5.74) is 0.407. The van der Waals surface area contributed by atoms with E-state index < -0.39 is 7.12 Å². The minimum atomic E-state index is -1.48. The Kier molecular flexibility index (Phi) is 5.76. The van der Waals surface area contributed by atoms with Gasteiger partial charge in [0.15, 0.2) is 0 Å². The van der Waals surface area contributed by atoms with Crippen LogP contribution >= 0.6 is 23.2 Å². The van der Waals surface area contributed by atoms with E-state index in [1.807, 2.05) is 0 Å². The van der Waals surface area contributed by atoms with E-state index in [4.69, 9.17) is 42.7 Å². The average Bonchev–Trinajstić information content (AvgIpc) is 2.48. The normalized spacial score (nSPS) is 10.3. The van der Waals surface area contributed by atoms with Crippen molar-refractivity contribution in [3.63, 3.8) is 0 Å². The van der Waals surface area contributed by atoms with Crippen molar-refractivity contribution in [2.24, 2.45) is 0 Å². The first-order valence-electron chi connectivity index (χ1n) is 6.23. The Morgan fingerprint density at radius 2 is 1.57 bits per heavy atom. The average molecular weight is 327 g/mol. The molecule has 7 heteroatoms. The SMILES string of the molecule is OB(O)c1ccc(OCCOc2cccc(Cl)c2Cl)cc1. The third-order valence-electron chi connectivity index (χ3n) is 2.70. The minimum absolute atomic E-state index is 0.310. The molecule has 0 atom stereocenters. The van der Waals surface area contributed by atoms with Gasteiger partial charge in [-0.3, -0.25) is 0 Å². The smallest absolute Gasteiger partial charge is 0.488 e. The van der Waals surface area contributed by atoms with Crippen LogP contribution in [0.4, 0.5) is 0 Å². The van der Waals surface area contributed by atoms with Crippen LogP contribution in [0.25, 0.3) is 0 Å². The number of halogens is 2. The molecule has 0 unspecified atom stereocenters. The van der Waals surface area contributed by atoms with Crippen molar-refractivity contribution in [1.29, 1.82) is 0 Å². The van der Waals surface area contributed by atoms with Crippen molar-refractivity contribution in [1.82, 2.24) is 0 Å². The lowest BCUT2D eigenvalue weighted by molar-refractivity contribution is 0.217. The number of ether oxygens (including phenoxy) is 2. The van der Waals surface area contributed by atoms with Gasteiger partial charge in [-0.2, -0.15) is 0 Å². The first-order valence-corrected chi connectivity index (χ1v) is 6.99. The lowest BCUT2D eigenvalue weighted by atomic mass is 9.80. The van der Waals surface area contributed by atoms with Crippen LogP contribution in [0.3, 0.4) is 0 Å². The fourth-order valence-corrected chi connectivity index (χ4v) is 1.99. The molecule has 0 radical (unpaired) electrons. The van der Waals surface area contributed by atoms with Crippen LogP contribution < -0.4 is 14.9 Å². The maximum Gasteiger partial charge on any atom is 0.488 e. The van der Waals surface area contributed by atoms with Crippen molar-refractivity contribution >= 4 is 35.8 Å². The molecule has 0 aliphatic heterocycles. The molecule has 110 valence electrons. The van der Waals surface area contributed by atoms with Gasteiger partial charge in [0.25, 0.3) is 0 Å². The van der Waals surface area contributed by atoms with Gasteiger partial charge < -0.3 is 19.5 Å². The molecule has 2 rings (SSSR count). The Morgan fingerprint density at radius 1 is 0.905 bits per heavy atom. The number of benzene rings is 2. The van der Waals surface area contributed by atoms with Gasteiger partial charge in [-0.15, -0.1) is 0 Å². The zero-order chi connectivity index (χ0) is 15.2. The quantitative estimate of drug-likeness (QED) is 0.630. The van der Waals surface area contributed by atoms with Crippen LogP contribution in [0.15, 0.2) is 42.5 Å². The van der Waals surface area contributed by atoms with Crippen molar-refractivity contribution < 1.29 is 19.5 Å². The highest BCUT2D eigenvalue weighted by atomic mass is 35.5. The third-order valence-corrected chi connectivity index (χ3v) is 3.51. The van der Waals surface area contributed by atoms with Gasteiger partial charge in [0.05, 0.1) is 5.02 Å². The van der Waals surface area contributed by atoms with Crippen LogP contribution in [0, 0.1) is 0 Å². The monoisotopic (exact) mass is 326 g/mol. The van der Waals surface area contributed by atoms with Crippen LogP contribution in [0.2, 0.25) is 10.0 Å². The van der Waals surface area contributed by atoms with E-state index in [1.54, 1.807) is 42.5 Å². The molecule has 2 aromatic carbocycles. The zero-order valence-corrected chi connectivity index (χ0v) is 12.5. The molecule has 0 aliphatic carbocycles. The second-order valence-electron chi connectivity index (χ2n) is 4.19. The highest BCUT2D eigenvalue weighted by Gasteiger charge is 2.10. The van der Waals surface area contributed by atoms with Crippen molar-refractivity contribution in [3.8, 4) is 11.5 Å². The summed E-state index contributed by atoms with van der Waals surface area (Å²) in [6.45, 7) is 0.633. The minimum Gasteiger partial charge on any atom is -0.490 e. The van der Waals surface area contributed by atoms with E-state index in [9.17, 15) is 0 Å². The fourth-order valence-electron chi connectivity index (χ4n) is 1.64. The van der Waals surface area contributed by atoms with E-state index in [0.717, 1.165) is 0 Å². The van der Waals surface area contributed by atoms with Gasteiger partial charge in [0, 0.05) is 0 Å². The van der Waals surface area contributed by atoms with Crippen LogP contribution in [0.1, 0.15) is 0 Å². The highest BCUT2D eigenvalue weighted by Crippen LogP contribution is 2.31. The number of rotatable bonds is 6. The predicted molar refractivity (Wildman–Crippen MR) is 83.7 cm³/mol. The van der Waals surface area contributed by atoms with Crippen molar-refractivity contribution in [2.75, 3.05) is 13.2 Å². The lowest BCUT2D eigenvalue weighted by Gasteiger charge is -2.10. The molecule has 2 N–H and O–H groups in total. The largest absolute Gasteiger partial charge is 0.490 e. The second kappa shape index (κ2) is 7.57. The molecule has 0 spiro atoms. The van der Waals surface area contributed by atoms with Gasteiger partial charge in [-0.1, -0.05) is 41.4 Å². The van der Waals surface area contributed by atoms with Crippen LogP contribution in [-0.4, -0.2) is 30.4 Å². The molecular formula is C14H13BCl2O4. The Hall–Kier alpha value is -1.40. The Labute approximate surface area is 133 Å². The summed E-state index contributed by atoms with van der Waals surface area (Å²) in [4.78, 5) is 0. The van der Waals surface area contributed by atoms with Gasteiger partial charge in [0.1, 0.15) is 29.7 Å². The Bertz CT molecular complexity index is 590. The van der Waals surface area contributed by atoms with Gasteiger partial charge in [-0.25, -0.2) is 0 Å². The lowest BCUT2D eigenvalue weighted by Crippen LogP contribution is -2.29. The maximum atomic E-state index is 8.97. The molecule has 0 aliphatic rings. The second-order valence-corrected chi connectivity index (χ2v) is 4.98. The number of hydrogen-bond donors (Lipinski definition) is 2. The van der Waals surface area contributed by atoms with Crippen molar-refractivity contribution in [3.05, 3.63) is 52.5 Å². The topological polar surface area (TPSA) is 58.9 Å². The summed E-state index contributed by atoms with van der Waals surface area (Å²) < 4.78 is 10.9. The van der Waals surface area contributed by atoms with Gasteiger partial charge in [-0.05, 0) is 29.7 Å². The Morgan fingerprint density at radius 3 is 2.24 bits per heavy atom. The Balaban J connectivity index is 1.80. The van der Waals surface area contributed by atoms with E-state index in [2.05, 4.69) is 0 Å². The molecule has 4 nitrogen and oxygen atoms in total. The maximum absolute atomic E-state index is 8.97. The summed E-state index contributed by atoms with van der Waals surface area (Å²) in [6.07, 6.45) is 0. The molecule has 0 amide bonds. The summed E-state index contributed by atoms with van der Waals surface area (Å²) in [5.74, 6) is 1.12. The highest BCUT2D eigenvalue weighted by molar-refractivity contribution is 6.58. The van der Waals surface area contributed by atoms with E-state index >= 15 is 0 Å². The first kappa shape index (κ1) is 16.0. The molecule has 21 heavy (non-hydrogen) atoms. The molecule has 2 aromatic rings. The molecular weight excluding hydrogens is 314 g/mol. The first-order chi connectivity index (χ1) is 10.1. The fraction of sp³-hybridized carbons (Fsp3) is 0.143. The molecule has 0 bridgehead atoms. The van der Waals surface area contributed by atoms with Gasteiger partial charge in [0.2, 0.25) is 0 Å². The molecule has 0 saturated carbocycles. The standard InChI is InChI=1S/C14H13BCl2O4/c16-12-2-1-3-13(14(12)17)21-9-8-20-11-6-4-10(5-7-11)15(18)19/h1-7,18-19H,8-9H2. The van der Waals surface area contributed by atoms with Crippen LogP contribution in [-0.2, 0) is 0 Å². The number of hydrogen-bond acceptors (Lipinski definition) is 4. The summed E-state index contributed by atoms with van der Waals surface area (Å²) >= 11 is 11.9. The summed E-state index contributed by atoms with van der Waals surface area (Å²) in [5, 5.41) is 18.8. The van der Waals surface area contributed by atoms with E-state index in [1.165, 1.54) is 0 Å². The molecule has 0 saturated heterocycles. The van der Waals surface area contributed by atoms with Crippen LogP contribution in [0.5, 0.6) is 11.5 Å². The van der Waals surface area contributed by atoms with E-state index in [-0.39, 0.29) is 0 Å². The third kappa shape index (κ3) is 4.54. The molecule has 0 fully saturated rings. The predicted octanol–water partition coefficient (Wildman–Crippen LogP) is 2.13. The van der Waals surface area contributed by atoms with Crippen molar-refractivity contribution in [2.45, 2.75) is 0 Å². The molecule has 0 heterocycles. The van der Waals surface area contributed by atoms with E-state index in [0.29, 0.717) is 40.2 Å². The summed E-state index contributed by atoms with van der Waals surface area (Å²) in [7, 11) is -1.48. The molecule has 0 aromatic heterocycles. The zero-order valence-electron chi connectivity index (χ0n) is 11.0. The summed E-state index contributed by atoms with van der Waals surface area (Å²) in [6, 6.07) is 11.6.